The molecule has 2 fully saturated rings. The molecule has 0 aromatic carbocycles. The number of hydrogen-bond donors (Lipinski definition) is 1. The third-order valence-electron chi connectivity index (χ3n) is 3.86. The van der Waals surface area contributed by atoms with Gasteiger partial charge in [-0.1, -0.05) is 0 Å². The first-order valence-electron chi connectivity index (χ1n) is 6.47. The van der Waals surface area contributed by atoms with Crippen LogP contribution < -0.4 is 5.73 Å². The van der Waals surface area contributed by atoms with Gasteiger partial charge in [-0.05, 0) is 26.8 Å². The summed E-state index contributed by atoms with van der Waals surface area (Å²) < 4.78 is 5.91. The maximum absolute atomic E-state index is 5.91. The van der Waals surface area contributed by atoms with E-state index in [0.29, 0.717) is 24.8 Å². The monoisotopic (exact) mass is 227 g/mol. The molecule has 2 aliphatic heterocycles. The molecule has 4 heteroatoms. The summed E-state index contributed by atoms with van der Waals surface area (Å²) in [5.41, 5.74) is 5.63. The van der Waals surface area contributed by atoms with Gasteiger partial charge in [-0.15, -0.1) is 0 Å². The van der Waals surface area contributed by atoms with Crippen LogP contribution in [-0.2, 0) is 4.74 Å². The summed E-state index contributed by atoms with van der Waals surface area (Å²) >= 11 is 0. The lowest BCUT2D eigenvalue weighted by atomic mass is 10.1. The van der Waals surface area contributed by atoms with E-state index in [1.807, 2.05) is 0 Å². The molecule has 2 heterocycles. The summed E-state index contributed by atoms with van der Waals surface area (Å²) in [4.78, 5) is 4.96. The lowest BCUT2D eigenvalue weighted by Crippen LogP contribution is -2.52. The summed E-state index contributed by atoms with van der Waals surface area (Å²) in [5, 5.41) is 0. The van der Waals surface area contributed by atoms with Crippen LogP contribution in [0.25, 0.3) is 0 Å². The summed E-state index contributed by atoms with van der Waals surface area (Å²) in [5.74, 6) is 0. The number of nitrogens with zero attached hydrogens (tertiary/aromatic N) is 2. The van der Waals surface area contributed by atoms with Crippen molar-refractivity contribution in [1.29, 1.82) is 0 Å². The maximum atomic E-state index is 5.91. The van der Waals surface area contributed by atoms with Crippen molar-refractivity contribution >= 4 is 0 Å². The van der Waals surface area contributed by atoms with E-state index >= 15 is 0 Å². The van der Waals surface area contributed by atoms with Crippen molar-refractivity contribution in [2.24, 2.45) is 5.73 Å². The minimum Gasteiger partial charge on any atom is -0.372 e. The second-order valence-corrected chi connectivity index (χ2v) is 5.30. The molecule has 0 aromatic heterocycles. The van der Waals surface area contributed by atoms with Crippen LogP contribution in [0.5, 0.6) is 0 Å². The Morgan fingerprint density at radius 1 is 1.25 bits per heavy atom. The van der Waals surface area contributed by atoms with Crippen molar-refractivity contribution in [3.63, 3.8) is 0 Å². The van der Waals surface area contributed by atoms with E-state index in [1.165, 1.54) is 26.1 Å². The number of nitrogens with two attached hydrogens (primary N) is 1. The Hall–Kier alpha value is -0.160. The highest BCUT2D eigenvalue weighted by Crippen LogP contribution is 2.21. The maximum Gasteiger partial charge on any atom is 0.0707 e. The number of rotatable bonds is 3. The second-order valence-electron chi connectivity index (χ2n) is 5.30. The Bertz CT molecular complexity index is 224. The van der Waals surface area contributed by atoms with Gasteiger partial charge in [0.15, 0.2) is 0 Å². The molecule has 3 unspecified atom stereocenters. The number of ether oxygens (including phenoxy) is 1. The Balaban J connectivity index is 1.77. The summed E-state index contributed by atoms with van der Waals surface area (Å²) in [6, 6.07) is 0.652. The summed E-state index contributed by atoms with van der Waals surface area (Å²) in [6.45, 7) is 7.60. The predicted molar refractivity (Wildman–Crippen MR) is 65.5 cm³/mol. The van der Waals surface area contributed by atoms with E-state index < -0.39 is 0 Å². The Kier molecular flexibility index (Phi) is 4.19. The normalized spacial score (nSPS) is 38.1. The average Bonchev–Trinajstić information content (AvgIpc) is 2.70. The molecule has 2 N–H and O–H groups in total. The zero-order valence-corrected chi connectivity index (χ0v) is 10.6. The lowest BCUT2D eigenvalue weighted by molar-refractivity contribution is 0.00349. The van der Waals surface area contributed by atoms with Crippen LogP contribution >= 0.6 is 0 Å². The molecule has 4 nitrogen and oxygen atoms in total. The van der Waals surface area contributed by atoms with Gasteiger partial charge in [0.25, 0.3) is 0 Å². The second kappa shape index (κ2) is 5.45. The van der Waals surface area contributed by atoms with E-state index in [0.717, 1.165) is 13.0 Å². The first-order chi connectivity index (χ1) is 7.69. The number of likely N-dealkylation sites (N-methyl/N-ethyl adjacent to an activating group) is 1. The fourth-order valence-corrected chi connectivity index (χ4v) is 2.80. The number of piperazine rings is 1. The van der Waals surface area contributed by atoms with Gasteiger partial charge < -0.3 is 15.4 Å². The Morgan fingerprint density at radius 3 is 2.62 bits per heavy atom. The fraction of sp³-hybridized carbons (Fsp3) is 1.00. The van der Waals surface area contributed by atoms with Crippen LogP contribution in [0, 0.1) is 0 Å². The van der Waals surface area contributed by atoms with Crippen molar-refractivity contribution in [3.8, 4) is 0 Å². The van der Waals surface area contributed by atoms with E-state index in [2.05, 4.69) is 23.8 Å². The van der Waals surface area contributed by atoms with E-state index in [9.17, 15) is 0 Å². The molecular weight excluding hydrogens is 202 g/mol. The first kappa shape index (κ1) is 12.3. The van der Waals surface area contributed by atoms with Gasteiger partial charge in [0.1, 0.15) is 0 Å². The highest BCUT2D eigenvalue weighted by molar-refractivity contribution is 4.82. The third-order valence-corrected chi connectivity index (χ3v) is 3.86. The Morgan fingerprint density at radius 2 is 2.00 bits per heavy atom. The van der Waals surface area contributed by atoms with E-state index in [-0.39, 0.29) is 0 Å². The molecule has 2 aliphatic rings. The average molecular weight is 227 g/mol. The van der Waals surface area contributed by atoms with Crippen molar-refractivity contribution in [2.75, 3.05) is 39.8 Å². The fourth-order valence-electron chi connectivity index (χ4n) is 2.80. The molecule has 0 amide bonds. The van der Waals surface area contributed by atoms with Crippen LogP contribution in [-0.4, -0.2) is 67.8 Å². The van der Waals surface area contributed by atoms with Crippen LogP contribution in [0.15, 0.2) is 0 Å². The molecule has 16 heavy (non-hydrogen) atoms. The largest absolute Gasteiger partial charge is 0.372 e. The molecule has 3 atom stereocenters. The van der Waals surface area contributed by atoms with Crippen LogP contribution in [0.1, 0.15) is 19.8 Å². The van der Waals surface area contributed by atoms with Crippen LogP contribution in [0.2, 0.25) is 0 Å². The number of hydrogen-bond acceptors (Lipinski definition) is 4. The minimum atomic E-state index is 0.313. The first-order valence-corrected chi connectivity index (χ1v) is 6.47. The van der Waals surface area contributed by atoms with E-state index in [1.54, 1.807) is 0 Å². The zero-order valence-electron chi connectivity index (χ0n) is 10.6. The van der Waals surface area contributed by atoms with Crippen LogP contribution in [0.3, 0.4) is 0 Å². The van der Waals surface area contributed by atoms with Gasteiger partial charge in [0, 0.05) is 38.8 Å². The van der Waals surface area contributed by atoms with Gasteiger partial charge in [-0.2, -0.15) is 0 Å². The molecule has 0 aromatic rings. The molecule has 0 spiro atoms. The molecule has 0 aliphatic carbocycles. The zero-order chi connectivity index (χ0) is 11.5. The van der Waals surface area contributed by atoms with Gasteiger partial charge in [0.05, 0.1) is 12.2 Å². The predicted octanol–water partition coefficient (Wildman–Crippen LogP) is 0.129. The Labute approximate surface area is 98.7 Å². The van der Waals surface area contributed by atoms with Gasteiger partial charge in [-0.3, -0.25) is 4.90 Å². The lowest BCUT2D eigenvalue weighted by Gasteiger charge is -2.39. The molecule has 2 rings (SSSR count). The topological polar surface area (TPSA) is 41.7 Å². The summed E-state index contributed by atoms with van der Waals surface area (Å²) in [7, 11) is 2.20. The van der Waals surface area contributed by atoms with Crippen molar-refractivity contribution in [2.45, 2.75) is 38.0 Å². The third kappa shape index (κ3) is 2.94. The van der Waals surface area contributed by atoms with Crippen molar-refractivity contribution in [1.82, 2.24) is 9.80 Å². The molecule has 94 valence electrons. The van der Waals surface area contributed by atoms with Crippen LogP contribution in [0.4, 0.5) is 0 Å². The minimum absolute atomic E-state index is 0.313. The highest BCUT2D eigenvalue weighted by atomic mass is 16.5. The van der Waals surface area contributed by atoms with E-state index in [4.69, 9.17) is 10.5 Å². The molecule has 0 saturated carbocycles. The van der Waals surface area contributed by atoms with Gasteiger partial charge in [0.2, 0.25) is 0 Å². The van der Waals surface area contributed by atoms with Crippen molar-refractivity contribution in [3.05, 3.63) is 0 Å². The smallest absolute Gasteiger partial charge is 0.0707 e. The van der Waals surface area contributed by atoms with Gasteiger partial charge in [-0.25, -0.2) is 0 Å². The molecule has 0 bridgehead atoms. The molecular formula is C12H25N3O. The van der Waals surface area contributed by atoms with Crippen molar-refractivity contribution < 1.29 is 4.74 Å². The van der Waals surface area contributed by atoms with Gasteiger partial charge >= 0.3 is 0 Å². The molecule has 2 saturated heterocycles. The highest BCUT2D eigenvalue weighted by Gasteiger charge is 2.29. The SMILES string of the molecule is CC1CN(C)CCN1CC1CCC(CN)O1. The standard InChI is InChI=1S/C12H25N3O/c1-10-8-14(2)5-6-15(10)9-12-4-3-11(7-13)16-12/h10-12H,3-9,13H2,1-2H3. The molecule has 0 radical (unpaired) electrons. The summed E-state index contributed by atoms with van der Waals surface area (Å²) in [6.07, 6.45) is 3.05. The quantitative estimate of drug-likeness (QED) is 0.744.